The van der Waals surface area contributed by atoms with Gasteiger partial charge in [-0.25, -0.2) is 9.69 Å². The quantitative estimate of drug-likeness (QED) is 0.742. The van der Waals surface area contributed by atoms with Crippen molar-refractivity contribution < 1.29 is 19.1 Å². The van der Waals surface area contributed by atoms with Crippen LogP contribution in [-0.4, -0.2) is 35.7 Å². The molecule has 1 aromatic carbocycles. The average Bonchev–Trinajstić information content (AvgIpc) is 2.70. The molecule has 1 aromatic rings. The summed E-state index contributed by atoms with van der Waals surface area (Å²) in [5.74, 6) is 0.156. The van der Waals surface area contributed by atoms with Crippen molar-refractivity contribution in [2.75, 3.05) is 7.11 Å². The summed E-state index contributed by atoms with van der Waals surface area (Å²) in [6, 6.07) is 6.79. The van der Waals surface area contributed by atoms with Crippen LogP contribution in [0, 0.1) is 17.2 Å². The second kappa shape index (κ2) is 10.4. The highest BCUT2D eigenvalue weighted by atomic mass is 16.6. The maximum Gasteiger partial charge on any atom is 0.418 e. The highest BCUT2D eigenvalue weighted by Crippen LogP contribution is 2.32. The number of nitrogens with two attached hydrogens (primary N) is 1. The van der Waals surface area contributed by atoms with Gasteiger partial charge in [-0.05, 0) is 39.2 Å². The van der Waals surface area contributed by atoms with Gasteiger partial charge in [-0.15, -0.1) is 0 Å². The molecule has 1 saturated carbocycles. The summed E-state index contributed by atoms with van der Waals surface area (Å²) in [4.78, 5) is 27.2. The van der Waals surface area contributed by atoms with E-state index in [1.54, 1.807) is 45.0 Å². The maximum atomic E-state index is 13.3. The summed E-state index contributed by atoms with van der Waals surface area (Å²) >= 11 is 0. The van der Waals surface area contributed by atoms with Crippen LogP contribution in [0.15, 0.2) is 24.3 Å². The molecular formula is C23H33N3O4. The number of carbonyl (C=O) groups excluding carboxylic acids is 2. The molecule has 7 heteroatoms. The molecule has 7 nitrogen and oxygen atoms in total. The SMILES string of the molecule is COc1ccccc1C(C#N)N(C(=O)OC(C)(C)C)C(=O)[C@@H](N)CC1CCCCC1. The Morgan fingerprint density at radius 3 is 2.43 bits per heavy atom. The van der Waals surface area contributed by atoms with Gasteiger partial charge in [0.25, 0.3) is 0 Å². The predicted octanol–water partition coefficient (Wildman–Crippen LogP) is 4.32. The Hall–Kier alpha value is -2.59. The van der Waals surface area contributed by atoms with Crippen molar-refractivity contribution in [2.45, 2.75) is 77.0 Å². The Kier molecular flexibility index (Phi) is 8.24. The number of hydrogen-bond donors (Lipinski definition) is 1. The molecule has 0 saturated heterocycles. The molecule has 0 aliphatic heterocycles. The predicted molar refractivity (Wildman–Crippen MR) is 114 cm³/mol. The number of hydrogen-bond acceptors (Lipinski definition) is 6. The van der Waals surface area contributed by atoms with E-state index >= 15 is 0 Å². The van der Waals surface area contributed by atoms with Crippen LogP contribution < -0.4 is 10.5 Å². The first-order valence-electron chi connectivity index (χ1n) is 10.5. The van der Waals surface area contributed by atoms with Crippen molar-refractivity contribution in [2.24, 2.45) is 11.7 Å². The molecule has 1 fully saturated rings. The van der Waals surface area contributed by atoms with Crippen LogP contribution in [0.4, 0.5) is 4.79 Å². The molecule has 0 radical (unpaired) electrons. The van der Waals surface area contributed by atoms with E-state index in [-0.39, 0.29) is 0 Å². The number of nitriles is 1. The topological polar surface area (TPSA) is 106 Å². The molecule has 0 heterocycles. The number of imide groups is 1. The van der Waals surface area contributed by atoms with Gasteiger partial charge in [0.15, 0.2) is 6.04 Å². The fraction of sp³-hybridized carbons (Fsp3) is 0.609. The lowest BCUT2D eigenvalue weighted by Gasteiger charge is -2.32. The number of amides is 2. The van der Waals surface area contributed by atoms with E-state index in [4.69, 9.17) is 15.2 Å². The molecule has 2 rings (SSSR count). The van der Waals surface area contributed by atoms with Gasteiger partial charge in [-0.1, -0.05) is 50.3 Å². The van der Waals surface area contributed by atoms with E-state index in [9.17, 15) is 14.9 Å². The normalized spacial score (nSPS) is 16.8. The van der Waals surface area contributed by atoms with Crippen LogP contribution in [0.25, 0.3) is 0 Å². The minimum atomic E-state index is -1.21. The average molecular weight is 416 g/mol. The van der Waals surface area contributed by atoms with Gasteiger partial charge in [0, 0.05) is 5.56 Å². The number of carbonyl (C=O) groups is 2. The summed E-state index contributed by atoms with van der Waals surface area (Å²) < 4.78 is 10.8. The summed E-state index contributed by atoms with van der Waals surface area (Å²) in [5, 5.41) is 9.92. The van der Waals surface area contributed by atoms with Gasteiger partial charge in [-0.2, -0.15) is 5.26 Å². The molecule has 0 spiro atoms. The Balaban J connectivity index is 2.36. The fourth-order valence-corrected chi connectivity index (χ4v) is 3.85. The van der Waals surface area contributed by atoms with Crippen molar-refractivity contribution in [1.82, 2.24) is 4.90 Å². The highest BCUT2D eigenvalue weighted by molar-refractivity contribution is 5.96. The van der Waals surface area contributed by atoms with Crippen LogP contribution in [0.2, 0.25) is 0 Å². The molecule has 2 atom stereocenters. The van der Waals surface area contributed by atoms with Gasteiger partial charge in [0.2, 0.25) is 5.91 Å². The zero-order chi connectivity index (χ0) is 22.3. The van der Waals surface area contributed by atoms with Crippen molar-refractivity contribution in [1.29, 1.82) is 5.26 Å². The van der Waals surface area contributed by atoms with Crippen molar-refractivity contribution >= 4 is 12.0 Å². The molecule has 1 aliphatic carbocycles. The van der Waals surface area contributed by atoms with Gasteiger partial charge in [0.05, 0.1) is 19.2 Å². The molecule has 0 bridgehead atoms. The molecule has 1 aliphatic rings. The summed E-state index contributed by atoms with van der Waals surface area (Å²) in [6.07, 6.45) is 5.12. The maximum absolute atomic E-state index is 13.3. The highest BCUT2D eigenvalue weighted by Gasteiger charge is 2.38. The summed E-state index contributed by atoms with van der Waals surface area (Å²) in [7, 11) is 1.47. The third-order valence-electron chi connectivity index (χ3n) is 5.27. The Morgan fingerprint density at radius 2 is 1.87 bits per heavy atom. The van der Waals surface area contributed by atoms with Crippen LogP contribution in [0.3, 0.4) is 0 Å². The summed E-state index contributed by atoms with van der Waals surface area (Å²) in [6.45, 7) is 5.12. The van der Waals surface area contributed by atoms with E-state index in [2.05, 4.69) is 6.07 Å². The van der Waals surface area contributed by atoms with Crippen molar-refractivity contribution in [3.8, 4) is 11.8 Å². The lowest BCUT2D eigenvalue weighted by molar-refractivity contribution is -0.133. The number of nitrogens with zero attached hydrogens (tertiary/aromatic N) is 2. The zero-order valence-corrected chi connectivity index (χ0v) is 18.4. The third kappa shape index (κ3) is 6.20. The van der Waals surface area contributed by atoms with Gasteiger partial charge in [0.1, 0.15) is 11.4 Å². The van der Waals surface area contributed by atoms with Crippen molar-refractivity contribution in [3.63, 3.8) is 0 Å². The third-order valence-corrected chi connectivity index (χ3v) is 5.27. The minimum Gasteiger partial charge on any atom is -0.496 e. The first kappa shape index (κ1) is 23.7. The van der Waals surface area contributed by atoms with Crippen LogP contribution >= 0.6 is 0 Å². The van der Waals surface area contributed by atoms with Gasteiger partial charge < -0.3 is 15.2 Å². The number of rotatable bonds is 6. The number of benzene rings is 1. The Bertz CT molecular complexity index is 775. The molecule has 30 heavy (non-hydrogen) atoms. The van der Waals surface area contributed by atoms with E-state index in [0.717, 1.165) is 30.6 Å². The first-order valence-corrected chi connectivity index (χ1v) is 10.5. The molecule has 1 unspecified atom stereocenters. The first-order chi connectivity index (χ1) is 14.2. The smallest absolute Gasteiger partial charge is 0.418 e. The monoisotopic (exact) mass is 415 g/mol. The molecular weight excluding hydrogens is 382 g/mol. The number of ether oxygens (including phenoxy) is 2. The molecule has 0 aromatic heterocycles. The fourth-order valence-electron chi connectivity index (χ4n) is 3.85. The van der Waals surface area contributed by atoms with E-state index < -0.39 is 29.7 Å². The standard InChI is InChI=1S/C23H33N3O4/c1-23(2,3)30-22(28)26(19(15-24)17-12-8-9-13-20(17)29-4)21(27)18(25)14-16-10-6-5-7-11-16/h8-9,12-13,16,18-19H,5-7,10-11,14,25H2,1-4H3/t18-,19?/m0/s1. The Labute approximate surface area is 179 Å². The number of methoxy groups -OCH3 is 1. The molecule has 164 valence electrons. The van der Waals surface area contributed by atoms with Crippen LogP contribution in [0.5, 0.6) is 5.75 Å². The molecule has 2 N–H and O–H groups in total. The van der Waals surface area contributed by atoms with Crippen molar-refractivity contribution in [3.05, 3.63) is 29.8 Å². The van der Waals surface area contributed by atoms with Gasteiger partial charge in [-0.3, -0.25) is 4.79 Å². The molecule has 2 amide bonds. The van der Waals surface area contributed by atoms with E-state index in [1.807, 2.05) is 0 Å². The number of para-hydroxylation sites is 1. The minimum absolute atomic E-state index is 0.352. The zero-order valence-electron chi connectivity index (χ0n) is 18.4. The second-order valence-corrected chi connectivity index (χ2v) is 8.81. The summed E-state index contributed by atoms with van der Waals surface area (Å²) in [5.41, 5.74) is 5.83. The van der Waals surface area contributed by atoms with Crippen LogP contribution in [-0.2, 0) is 9.53 Å². The Morgan fingerprint density at radius 1 is 1.23 bits per heavy atom. The van der Waals surface area contributed by atoms with E-state index in [0.29, 0.717) is 23.7 Å². The second-order valence-electron chi connectivity index (χ2n) is 8.81. The van der Waals surface area contributed by atoms with Crippen LogP contribution in [0.1, 0.15) is 70.9 Å². The largest absolute Gasteiger partial charge is 0.496 e. The van der Waals surface area contributed by atoms with E-state index in [1.165, 1.54) is 13.5 Å². The van der Waals surface area contributed by atoms with Gasteiger partial charge >= 0.3 is 6.09 Å². The lowest BCUT2D eigenvalue weighted by Crippen LogP contribution is -2.50. The lowest BCUT2D eigenvalue weighted by atomic mass is 9.84.